The number of piperidine rings is 1. The number of halogens is 3. The SMILES string of the molecule is CC(=NOCCc1ccccc1)c1csc(C2CCN(C(=O)Cn3nc(C(F)(F)F)cc3C)CC2)n1. The minimum atomic E-state index is -4.53. The maximum absolute atomic E-state index is 12.9. The second kappa shape index (κ2) is 11.2. The highest BCUT2D eigenvalue weighted by Gasteiger charge is 2.35. The zero-order valence-corrected chi connectivity index (χ0v) is 21.0. The molecular formula is C25H28F3N5O2S. The summed E-state index contributed by atoms with van der Waals surface area (Å²) in [6.07, 6.45) is -2.26. The number of aryl methyl sites for hydroxylation is 1. The molecule has 3 heterocycles. The van der Waals surface area contributed by atoms with Crippen LogP contribution < -0.4 is 0 Å². The number of rotatable bonds is 8. The molecule has 0 N–H and O–H groups in total. The molecule has 1 aliphatic heterocycles. The highest BCUT2D eigenvalue weighted by atomic mass is 32.1. The predicted octanol–water partition coefficient (Wildman–Crippen LogP) is 5.06. The first-order valence-electron chi connectivity index (χ1n) is 11.8. The van der Waals surface area contributed by atoms with Crippen molar-refractivity contribution < 1.29 is 22.8 Å². The average molecular weight is 520 g/mol. The highest BCUT2D eigenvalue weighted by Crippen LogP contribution is 2.31. The van der Waals surface area contributed by atoms with E-state index in [2.05, 4.69) is 10.3 Å². The molecule has 2 aromatic heterocycles. The van der Waals surface area contributed by atoms with Crippen LogP contribution in [0, 0.1) is 6.92 Å². The number of alkyl halides is 3. The van der Waals surface area contributed by atoms with Gasteiger partial charge in [0.2, 0.25) is 5.91 Å². The van der Waals surface area contributed by atoms with Gasteiger partial charge in [-0.05, 0) is 38.3 Å². The van der Waals surface area contributed by atoms with E-state index in [1.165, 1.54) is 12.5 Å². The number of nitrogens with zero attached hydrogens (tertiary/aromatic N) is 5. The van der Waals surface area contributed by atoms with Crippen LogP contribution in [0.15, 0.2) is 46.9 Å². The summed E-state index contributed by atoms with van der Waals surface area (Å²) in [4.78, 5) is 24.6. The third-order valence-corrected chi connectivity index (χ3v) is 7.18. The van der Waals surface area contributed by atoms with Crippen molar-refractivity contribution in [2.75, 3.05) is 19.7 Å². The van der Waals surface area contributed by atoms with Gasteiger partial charge in [-0.25, -0.2) is 4.98 Å². The molecule has 1 amide bonds. The van der Waals surface area contributed by atoms with Gasteiger partial charge >= 0.3 is 6.18 Å². The third kappa shape index (κ3) is 6.51. The maximum Gasteiger partial charge on any atom is 0.435 e. The van der Waals surface area contributed by atoms with Gasteiger partial charge < -0.3 is 9.74 Å². The van der Waals surface area contributed by atoms with Gasteiger partial charge in [-0.3, -0.25) is 9.48 Å². The topological polar surface area (TPSA) is 72.6 Å². The molecule has 0 radical (unpaired) electrons. The lowest BCUT2D eigenvalue weighted by Gasteiger charge is -2.31. The number of thiazole rings is 1. The van der Waals surface area contributed by atoms with Crippen molar-refractivity contribution in [3.63, 3.8) is 0 Å². The molecule has 3 aromatic rings. The van der Waals surface area contributed by atoms with Crippen molar-refractivity contribution in [2.24, 2.45) is 5.16 Å². The van der Waals surface area contributed by atoms with Crippen molar-refractivity contribution in [1.29, 1.82) is 0 Å². The van der Waals surface area contributed by atoms with E-state index in [9.17, 15) is 18.0 Å². The molecule has 11 heteroatoms. The summed E-state index contributed by atoms with van der Waals surface area (Å²) in [6, 6.07) is 11.0. The number of oxime groups is 1. The van der Waals surface area contributed by atoms with E-state index in [0.717, 1.165) is 40.7 Å². The number of aromatic nitrogens is 3. The maximum atomic E-state index is 12.9. The van der Waals surface area contributed by atoms with Gasteiger partial charge in [-0.1, -0.05) is 35.5 Å². The smallest absolute Gasteiger partial charge is 0.395 e. The van der Waals surface area contributed by atoms with Crippen molar-refractivity contribution >= 4 is 23.0 Å². The Hall–Kier alpha value is -3.21. The molecular weight excluding hydrogens is 491 g/mol. The second-order valence-corrected chi connectivity index (χ2v) is 9.69. The minimum absolute atomic E-state index is 0.200. The van der Waals surface area contributed by atoms with E-state index in [1.54, 1.807) is 16.2 Å². The fourth-order valence-electron chi connectivity index (χ4n) is 4.05. The molecule has 0 unspecified atom stereocenters. The molecule has 0 spiro atoms. The van der Waals surface area contributed by atoms with Crippen LogP contribution in [-0.4, -0.2) is 51.0 Å². The minimum Gasteiger partial charge on any atom is -0.395 e. The first-order valence-corrected chi connectivity index (χ1v) is 12.6. The third-order valence-electron chi connectivity index (χ3n) is 6.17. The Morgan fingerprint density at radius 2 is 1.94 bits per heavy atom. The standard InChI is InChI=1S/C25H28F3N5O2S/c1-17-14-22(25(26,27)28)30-33(17)15-23(34)32-11-8-20(9-12-32)24-29-21(16-36-24)18(2)31-35-13-10-19-6-4-3-5-7-19/h3-7,14,16,20H,8-13,15H2,1-2H3. The predicted molar refractivity (Wildman–Crippen MR) is 131 cm³/mol. The van der Waals surface area contributed by atoms with E-state index >= 15 is 0 Å². The number of carbonyl (C=O) groups excluding carboxylic acids is 1. The van der Waals surface area contributed by atoms with Crippen molar-refractivity contribution in [2.45, 2.75) is 51.7 Å². The normalized spacial score (nSPS) is 15.4. The van der Waals surface area contributed by atoms with Crippen molar-refractivity contribution in [3.05, 3.63) is 69.4 Å². The molecule has 1 aliphatic rings. The summed E-state index contributed by atoms with van der Waals surface area (Å²) in [6.45, 7) is 4.72. The van der Waals surface area contributed by atoms with Gasteiger partial charge in [0.05, 0.1) is 10.7 Å². The summed E-state index contributed by atoms with van der Waals surface area (Å²) in [7, 11) is 0. The van der Waals surface area contributed by atoms with E-state index in [1.807, 2.05) is 42.6 Å². The van der Waals surface area contributed by atoms with E-state index in [0.29, 0.717) is 31.1 Å². The van der Waals surface area contributed by atoms with Crippen LogP contribution >= 0.6 is 11.3 Å². The molecule has 7 nitrogen and oxygen atoms in total. The Morgan fingerprint density at radius 3 is 2.61 bits per heavy atom. The summed E-state index contributed by atoms with van der Waals surface area (Å²) in [5.74, 6) is -0.00768. The Bertz CT molecular complexity index is 1200. The summed E-state index contributed by atoms with van der Waals surface area (Å²) < 4.78 is 39.8. The number of benzene rings is 1. The lowest BCUT2D eigenvalue weighted by atomic mass is 9.97. The highest BCUT2D eigenvalue weighted by molar-refractivity contribution is 7.09. The number of likely N-dealkylation sites (tertiary alicyclic amines) is 1. The van der Waals surface area contributed by atoms with Gasteiger partial charge in [0.25, 0.3) is 0 Å². The molecule has 192 valence electrons. The first kappa shape index (κ1) is 25.9. The molecule has 0 saturated carbocycles. The summed E-state index contributed by atoms with van der Waals surface area (Å²) in [5.41, 5.74) is 2.01. The Kier molecular flexibility index (Phi) is 8.07. The van der Waals surface area contributed by atoms with Crippen LogP contribution in [0.25, 0.3) is 0 Å². The fourth-order valence-corrected chi connectivity index (χ4v) is 5.09. The lowest BCUT2D eigenvalue weighted by Crippen LogP contribution is -2.40. The second-order valence-electron chi connectivity index (χ2n) is 8.80. The van der Waals surface area contributed by atoms with E-state index < -0.39 is 11.9 Å². The van der Waals surface area contributed by atoms with E-state index in [4.69, 9.17) is 9.82 Å². The number of hydrogen-bond acceptors (Lipinski definition) is 6. The Balaban J connectivity index is 1.26. The zero-order chi connectivity index (χ0) is 25.7. The van der Waals surface area contributed by atoms with Gasteiger partial charge in [0.1, 0.15) is 18.9 Å². The van der Waals surface area contributed by atoms with Gasteiger partial charge in [0, 0.05) is 36.5 Å². The molecule has 4 rings (SSSR count). The zero-order valence-electron chi connectivity index (χ0n) is 20.2. The Labute approximate surface area is 211 Å². The van der Waals surface area contributed by atoms with Crippen molar-refractivity contribution in [3.8, 4) is 0 Å². The number of amides is 1. The van der Waals surface area contributed by atoms with Crippen LogP contribution in [0.1, 0.15) is 53.3 Å². The van der Waals surface area contributed by atoms with Gasteiger partial charge in [-0.15, -0.1) is 11.3 Å². The lowest BCUT2D eigenvalue weighted by molar-refractivity contribution is -0.142. The van der Waals surface area contributed by atoms with Crippen LogP contribution in [0.3, 0.4) is 0 Å². The average Bonchev–Trinajstić information content (AvgIpc) is 3.50. The number of hydrogen-bond donors (Lipinski definition) is 0. The molecule has 0 bridgehead atoms. The quantitative estimate of drug-likeness (QED) is 0.237. The van der Waals surface area contributed by atoms with Gasteiger partial charge in [-0.2, -0.15) is 18.3 Å². The van der Waals surface area contributed by atoms with Gasteiger partial charge in [0.15, 0.2) is 5.69 Å². The monoisotopic (exact) mass is 519 g/mol. The van der Waals surface area contributed by atoms with Crippen molar-refractivity contribution in [1.82, 2.24) is 19.7 Å². The number of carbonyl (C=O) groups is 1. The van der Waals surface area contributed by atoms with Crippen LogP contribution in [-0.2, 0) is 28.8 Å². The summed E-state index contributed by atoms with van der Waals surface area (Å²) in [5, 5.41) is 10.7. The van der Waals surface area contributed by atoms with Crippen LogP contribution in [0.2, 0.25) is 0 Å². The molecule has 0 aliphatic carbocycles. The fraction of sp³-hybridized carbons (Fsp3) is 0.440. The summed E-state index contributed by atoms with van der Waals surface area (Å²) >= 11 is 1.57. The Morgan fingerprint density at radius 1 is 1.22 bits per heavy atom. The first-order chi connectivity index (χ1) is 17.2. The van der Waals surface area contributed by atoms with Crippen LogP contribution in [0.5, 0.6) is 0 Å². The molecule has 1 saturated heterocycles. The molecule has 1 aromatic carbocycles. The van der Waals surface area contributed by atoms with Crippen LogP contribution in [0.4, 0.5) is 13.2 Å². The largest absolute Gasteiger partial charge is 0.435 e. The molecule has 36 heavy (non-hydrogen) atoms. The molecule has 0 atom stereocenters. The molecule has 1 fully saturated rings. The van der Waals surface area contributed by atoms with E-state index in [-0.39, 0.29) is 18.4 Å².